The Hall–Kier alpha value is -3.09. The fraction of sp³-hybridized carbons (Fsp3) is 0.0455. The smallest absolute Gasteiger partial charge is 0.271 e. The van der Waals surface area contributed by atoms with Gasteiger partial charge >= 0.3 is 0 Å². The van der Waals surface area contributed by atoms with E-state index in [-0.39, 0.29) is 11.7 Å². The van der Waals surface area contributed by atoms with E-state index in [4.69, 9.17) is 11.6 Å². The van der Waals surface area contributed by atoms with Gasteiger partial charge in [0.1, 0.15) is 5.75 Å². The van der Waals surface area contributed by atoms with Crippen molar-refractivity contribution in [3.05, 3.63) is 88.5 Å². The molecule has 1 amide bonds. The first-order valence-electron chi connectivity index (χ1n) is 8.80. The number of anilines is 1. The van der Waals surface area contributed by atoms with Crippen LogP contribution in [0, 0.1) is 0 Å². The number of para-hydroxylation sites is 1. The molecule has 0 aliphatic carbocycles. The third-order valence-corrected chi connectivity index (χ3v) is 5.84. The van der Waals surface area contributed by atoms with Gasteiger partial charge in [-0.15, -0.1) is 0 Å². The molecule has 2 aromatic carbocycles. The summed E-state index contributed by atoms with van der Waals surface area (Å²) in [5, 5.41) is 10.5. The summed E-state index contributed by atoms with van der Waals surface area (Å²) in [4.78, 5) is 24.1. The number of thioether (sulfide) groups is 1. The number of halogens is 1. The van der Waals surface area contributed by atoms with Crippen molar-refractivity contribution >= 4 is 51.4 Å². The lowest BCUT2D eigenvalue weighted by molar-refractivity contribution is -0.113. The number of allylic oxidation sites excluding steroid dienone is 1. The number of pyridine rings is 1. The third-order valence-electron chi connectivity index (χ3n) is 4.40. The van der Waals surface area contributed by atoms with Crippen LogP contribution in [0.5, 0.6) is 5.75 Å². The zero-order chi connectivity index (χ0) is 20.4. The lowest BCUT2D eigenvalue weighted by Gasteiger charge is -2.15. The van der Waals surface area contributed by atoms with Crippen LogP contribution in [0.1, 0.15) is 12.5 Å². The van der Waals surface area contributed by atoms with E-state index in [0.717, 1.165) is 16.8 Å². The minimum absolute atomic E-state index is 0.157. The molecular weight excluding hydrogens is 406 g/mol. The number of hydrogen-bond donors (Lipinski definition) is 1. The van der Waals surface area contributed by atoms with E-state index in [2.05, 4.69) is 9.98 Å². The molecule has 1 aromatic heterocycles. The van der Waals surface area contributed by atoms with Crippen LogP contribution < -0.4 is 4.90 Å². The highest BCUT2D eigenvalue weighted by Gasteiger charge is 2.36. The summed E-state index contributed by atoms with van der Waals surface area (Å²) in [5.74, 6) is 0.0214. The van der Waals surface area contributed by atoms with Crippen LogP contribution in [0.15, 0.2) is 83.0 Å². The van der Waals surface area contributed by atoms with Gasteiger partial charge in [-0.2, -0.15) is 0 Å². The number of carbonyl (C=O) groups is 1. The molecule has 5 nitrogen and oxygen atoms in total. The zero-order valence-electron chi connectivity index (χ0n) is 15.4. The van der Waals surface area contributed by atoms with Gasteiger partial charge in [-0.25, -0.2) is 4.99 Å². The van der Waals surface area contributed by atoms with Crippen LogP contribution in [0.3, 0.4) is 0 Å². The van der Waals surface area contributed by atoms with Crippen molar-refractivity contribution in [3.8, 4) is 5.75 Å². The third kappa shape index (κ3) is 3.90. The van der Waals surface area contributed by atoms with Gasteiger partial charge in [-0.3, -0.25) is 14.7 Å². The van der Waals surface area contributed by atoms with Gasteiger partial charge in [0.05, 0.1) is 21.3 Å². The first-order chi connectivity index (χ1) is 14.0. The van der Waals surface area contributed by atoms with Crippen molar-refractivity contribution in [3.63, 3.8) is 0 Å². The van der Waals surface area contributed by atoms with Crippen LogP contribution >= 0.6 is 23.4 Å². The summed E-state index contributed by atoms with van der Waals surface area (Å²) in [6.07, 6.45) is 3.13. The van der Waals surface area contributed by atoms with E-state index in [1.165, 1.54) is 18.0 Å². The van der Waals surface area contributed by atoms with Crippen molar-refractivity contribution in [2.24, 2.45) is 4.99 Å². The predicted octanol–water partition coefficient (Wildman–Crippen LogP) is 5.64. The molecule has 29 heavy (non-hydrogen) atoms. The monoisotopic (exact) mass is 421 g/mol. The standard InChI is InChI=1S/C22H16ClN3O2S/c1-14(15-7-9-17(27)10-8-15)20-21(28)26(16-5-3-2-4-6-16)22(29-20)25-19-11-12-24-13-18(19)23/h2-13,27H,1H3/b20-14-,25-22?. The van der Waals surface area contributed by atoms with E-state index in [9.17, 15) is 9.90 Å². The number of carbonyl (C=O) groups excluding carboxylic acids is 1. The molecular formula is C22H16ClN3O2S. The van der Waals surface area contributed by atoms with E-state index in [0.29, 0.717) is 20.8 Å². The Morgan fingerprint density at radius 2 is 1.83 bits per heavy atom. The zero-order valence-corrected chi connectivity index (χ0v) is 17.0. The first kappa shape index (κ1) is 19.2. The minimum Gasteiger partial charge on any atom is -0.508 e. The van der Waals surface area contributed by atoms with E-state index < -0.39 is 0 Å². The summed E-state index contributed by atoms with van der Waals surface area (Å²) >= 11 is 7.52. The molecule has 0 saturated carbocycles. The Balaban J connectivity index is 1.83. The number of phenolic OH excluding ortho intramolecular Hbond substituents is 1. The highest BCUT2D eigenvalue weighted by atomic mass is 35.5. The maximum absolute atomic E-state index is 13.3. The molecule has 0 spiro atoms. The Kier molecular flexibility index (Phi) is 5.38. The lowest BCUT2D eigenvalue weighted by atomic mass is 10.1. The maximum atomic E-state index is 13.3. The van der Waals surface area contributed by atoms with Crippen LogP contribution in [0.4, 0.5) is 11.4 Å². The second-order valence-corrected chi connectivity index (χ2v) is 7.69. The van der Waals surface area contributed by atoms with Crippen LogP contribution in [0.2, 0.25) is 5.02 Å². The number of hydrogen-bond acceptors (Lipinski definition) is 5. The Bertz CT molecular complexity index is 1130. The number of aliphatic imine (C=N–C) groups is 1. The molecule has 7 heteroatoms. The fourth-order valence-electron chi connectivity index (χ4n) is 2.89. The number of nitrogens with zero attached hydrogens (tertiary/aromatic N) is 3. The molecule has 1 aliphatic rings. The van der Waals surface area contributed by atoms with Gasteiger partial charge in [0.2, 0.25) is 0 Å². The molecule has 4 rings (SSSR count). The number of amidine groups is 1. The van der Waals surface area contributed by atoms with Crippen LogP contribution in [-0.4, -0.2) is 21.2 Å². The van der Waals surface area contributed by atoms with E-state index in [1.54, 1.807) is 41.4 Å². The summed E-state index contributed by atoms with van der Waals surface area (Å²) in [6.45, 7) is 1.89. The second kappa shape index (κ2) is 8.11. The number of amides is 1. The maximum Gasteiger partial charge on any atom is 0.271 e. The average Bonchev–Trinajstić information content (AvgIpc) is 3.06. The Labute approximate surface area is 177 Å². The molecule has 3 aromatic rings. The predicted molar refractivity (Wildman–Crippen MR) is 119 cm³/mol. The largest absolute Gasteiger partial charge is 0.508 e. The van der Waals surface area contributed by atoms with Gasteiger partial charge in [0, 0.05) is 12.4 Å². The van der Waals surface area contributed by atoms with Gasteiger partial charge in [-0.1, -0.05) is 41.9 Å². The summed E-state index contributed by atoms with van der Waals surface area (Å²) in [5.41, 5.74) is 2.94. The number of phenols is 1. The molecule has 1 aliphatic heterocycles. The molecule has 144 valence electrons. The van der Waals surface area contributed by atoms with Crippen molar-refractivity contribution < 1.29 is 9.90 Å². The van der Waals surface area contributed by atoms with Crippen molar-refractivity contribution in [2.45, 2.75) is 6.92 Å². The van der Waals surface area contributed by atoms with E-state index in [1.807, 2.05) is 37.3 Å². The molecule has 0 radical (unpaired) electrons. The first-order valence-corrected chi connectivity index (χ1v) is 10.00. The number of aromatic hydroxyl groups is 1. The quantitative estimate of drug-likeness (QED) is 0.556. The van der Waals surface area contributed by atoms with Gasteiger partial charge < -0.3 is 5.11 Å². The van der Waals surface area contributed by atoms with E-state index >= 15 is 0 Å². The average molecular weight is 422 g/mol. The summed E-state index contributed by atoms with van der Waals surface area (Å²) in [7, 11) is 0. The van der Waals surface area contributed by atoms with Crippen molar-refractivity contribution in [1.29, 1.82) is 0 Å². The molecule has 0 unspecified atom stereocenters. The van der Waals surface area contributed by atoms with Gasteiger partial charge in [0.25, 0.3) is 5.91 Å². The van der Waals surface area contributed by atoms with Crippen LogP contribution in [0.25, 0.3) is 5.57 Å². The molecule has 1 fully saturated rings. The summed E-state index contributed by atoms with van der Waals surface area (Å²) < 4.78 is 0. The number of rotatable bonds is 3. The van der Waals surface area contributed by atoms with Crippen LogP contribution in [-0.2, 0) is 4.79 Å². The Morgan fingerprint density at radius 3 is 2.52 bits per heavy atom. The fourth-order valence-corrected chi connectivity index (χ4v) is 4.10. The summed E-state index contributed by atoms with van der Waals surface area (Å²) in [6, 6.07) is 17.8. The minimum atomic E-state index is -0.157. The molecule has 1 N–H and O–H groups in total. The van der Waals surface area contributed by atoms with Gasteiger partial charge in [0.15, 0.2) is 5.17 Å². The van der Waals surface area contributed by atoms with Crippen molar-refractivity contribution in [1.82, 2.24) is 4.98 Å². The molecule has 1 saturated heterocycles. The molecule has 0 bridgehead atoms. The van der Waals surface area contributed by atoms with Crippen molar-refractivity contribution in [2.75, 3.05) is 4.90 Å². The SMILES string of the molecule is C/C(=C1/SC(=Nc2ccncc2Cl)N(c2ccccc2)C1=O)c1ccc(O)cc1. The lowest BCUT2D eigenvalue weighted by Crippen LogP contribution is -2.28. The topological polar surface area (TPSA) is 65.8 Å². The second-order valence-electron chi connectivity index (χ2n) is 6.30. The van der Waals surface area contributed by atoms with Gasteiger partial charge in [-0.05, 0) is 60.2 Å². The number of benzene rings is 2. The highest BCUT2D eigenvalue weighted by molar-refractivity contribution is 8.19. The Morgan fingerprint density at radius 1 is 1.10 bits per heavy atom. The highest BCUT2D eigenvalue weighted by Crippen LogP contribution is 2.40. The molecule has 2 heterocycles. The number of aromatic nitrogens is 1. The molecule has 0 atom stereocenters. The normalized spacial score (nSPS) is 17.1.